The maximum atomic E-state index is 13.8. The van der Waals surface area contributed by atoms with Crippen LogP contribution >= 0.6 is 7.14 Å². The SMILES string of the molecule is [C-]#[N+]c1ccc2c(-c3nc(N[C@H]4CCC(=O)NC4)ncc3C(F)(F)F)c[nH]c2c1P(C)(C)=O. The topological polar surface area (TPSA) is 104 Å². The third-order valence-corrected chi connectivity index (χ3v) is 6.94. The Kier molecular flexibility index (Phi) is 5.66. The van der Waals surface area contributed by atoms with Crippen LogP contribution in [0.15, 0.2) is 24.5 Å². The number of amides is 1. The molecule has 1 aliphatic heterocycles. The van der Waals surface area contributed by atoms with Gasteiger partial charge >= 0.3 is 6.18 Å². The second kappa shape index (κ2) is 8.19. The first-order chi connectivity index (χ1) is 15.5. The van der Waals surface area contributed by atoms with Crippen molar-refractivity contribution in [3.63, 3.8) is 0 Å². The Morgan fingerprint density at radius 1 is 1.30 bits per heavy atom. The smallest absolute Gasteiger partial charge is 0.361 e. The number of hydrogen-bond donors (Lipinski definition) is 3. The van der Waals surface area contributed by atoms with Crippen molar-refractivity contribution >= 4 is 40.9 Å². The highest BCUT2D eigenvalue weighted by Crippen LogP contribution is 2.44. The van der Waals surface area contributed by atoms with E-state index in [2.05, 4.69) is 30.4 Å². The number of rotatable bonds is 4. The molecule has 1 atom stereocenters. The van der Waals surface area contributed by atoms with E-state index in [0.717, 1.165) is 6.20 Å². The molecule has 0 bridgehead atoms. The summed E-state index contributed by atoms with van der Waals surface area (Å²) in [5, 5.41) is 6.35. The highest BCUT2D eigenvalue weighted by molar-refractivity contribution is 7.71. The van der Waals surface area contributed by atoms with E-state index >= 15 is 0 Å². The lowest BCUT2D eigenvalue weighted by atomic mass is 10.1. The maximum Gasteiger partial charge on any atom is 0.419 e. The molecule has 3 aromatic rings. The van der Waals surface area contributed by atoms with Gasteiger partial charge in [0.2, 0.25) is 11.9 Å². The summed E-state index contributed by atoms with van der Waals surface area (Å²) < 4.78 is 54.3. The van der Waals surface area contributed by atoms with Crippen molar-refractivity contribution in [1.82, 2.24) is 20.3 Å². The van der Waals surface area contributed by atoms with Gasteiger partial charge in [-0.05, 0) is 19.8 Å². The number of aromatic amines is 1. The highest BCUT2D eigenvalue weighted by atomic mass is 31.2. The Hall–Kier alpha value is -3.38. The average Bonchev–Trinajstić information content (AvgIpc) is 3.17. The van der Waals surface area contributed by atoms with Crippen LogP contribution in [0.25, 0.3) is 27.0 Å². The molecule has 3 heterocycles. The van der Waals surface area contributed by atoms with Crippen LogP contribution < -0.4 is 15.9 Å². The van der Waals surface area contributed by atoms with Crippen molar-refractivity contribution < 1.29 is 22.5 Å². The van der Waals surface area contributed by atoms with Gasteiger partial charge in [-0.15, -0.1) is 0 Å². The summed E-state index contributed by atoms with van der Waals surface area (Å²) in [5.41, 5.74) is -0.661. The Balaban J connectivity index is 1.86. The standard InChI is InChI=1S/C21H20F3N6O2P/c1-25-15-6-5-12-13(9-27-18(12)19(15)33(2,3)32)17-14(21(22,23)24)10-28-20(30-17)29-11-4-7-16(31)26-8-11/h5-6,9-11,27H,4,7-8H2,2-3H3,(H,26,31)(H,28,29,30)/t11-/m0/s1. The fourth-order valence-corrected chi connectivity index (χ4v) is 5.31. The molecule has 1 aliphatic rings. The van der Waals surface area contributed by atoms with Crippen molar-refractivity contribution in [1.29, 1.82) is 0 Å². The molecule has 0 saturated carbocycles. The van der Waals surface area contributed by atoms with Crippen molar-refractivity contribution in [2.45, 2.75) is 25.1 Å². The first-order valence-corrected chi connectivity index (χ1v) is 12.6. The zero-order valence-electron chi connectivity index (χ0n) is 17.7. The molecule has 1 saturated heterocycles. The van der Waals surface area contributed by atoms with Crippen LogP contribution in [0.3, 0.4) is 0 Å². The lowest BCUT2D eigenvalue weighted by Crippen LogP contribution is -2.42. The summed E-state index contributed by atoms with van der Waals surface area (Å²) in [4.78, 5) is 25.7. The number of nitrogens with zero attached hydrogens (tertiary/aromatic N) is 3. The van der Waals surface area contributed by atoms with Crippen LogP contribution in [0.2, 0.25) is 0 Å². The normalized spacial score (nSPS) is 17.0. The van der Waals surface area contributed by atoms with E-state index in [9.17, 15) is 22.5 Å². The molecule has 33 heavy (non-hydrogen) atoms. The molecule has 8 nitrogen and oxygen atoms in total. The van der Waals surface area contributed by atoms with E-state index in [4.69, 9.17) is 6.57 Å². The van der Waals surface area contributed by atoms with Gasteiger partial charge in [0.05, 0.1) is 12.3 Å². The largest absolute Gasteiger partial charge is 0.419 e. The molecule has 172 valence electrons. The van der Waals surface area contributed by atoms with Gasteiger partial charge < -0.3 is 20.2 Å². The average molecular weight is 476 g/mol. The summed E-state index contributed by atoms with van der Waals surface area (Å²) in [6.07, 6.45) is -1.80. The molecule has 1 amide bonds. The number of carbonyl (C=O) groups is 1. The van der Waals surface area contributed by atoms with E-state index < -0.39 is 18.9 Å². The number of fused-ring (bicyclic) bond motifs is 1. The van der Waals surface area contributed by atoms with Gasteiger partial charge in [-0.2, -0.15) is 13.2 Å². The van der Waals surface area contributed by atoms with Crippen LogP contribution in [-0.4, -0.2) is 46.8 Å². The maximum absolute atomic E-state index is 13.8. The van der Waals surface area contributed by atoms with Gasteiger partial charge in [0.25, 0.3) is 0 Å². The summed E-state index contributed by atoms with van der Waals surface area (Å²) in [7, 11) is -2.93. The first-order valence-electron chi connectivity index (χ1n) is 10.0. The van der Waals surface area contributed by atoms with Crippen LogP contribution in [-0.2, 0) is 15.5 Å². The predicted molar refractivity (Wildman–Crippen MR) is 119 cm³/mol. The number of aromatic nitrogens is 3. The quantitative estimate of drug-likeness (QED) is 0.388. The fourth-order valence-electron chi connectivity index (χ4n) is 3.91. The third kappa shape index (κ3) is 4.44. The number of H-pyrrole nitrogens is 1. The van der Waals surface area contributed by atoms with Gasteiger partial charge in [0.1, 0.15) is 12.7 Å². The van der Waals surface area contributed by atoms with Crippen molar-refractivity contribution in [2.24, 2.45) is 0 Å². The second-order valence-electron chi connectivity index (χ2n) is 8.16. The Morgan fingerprint density at radius 3 is 2.67 bits per heavy atom. The number of alkyl halides is 3. The van der Waals surface area contributed by atoms with E-state index in [1.165, 1.54) is 31.7 Å². The number of halogens is 3. The fraction of sp³-hybridized carbons (Fsp3) is 0.333. The summed E-state index contributed by atoms with van der Waals surface area (Å²) in [6, 6.07) is 2.77. The molecule has 1 aromatic carbocycles. The van der Waals surface area contributed by atoms with Crippen LogP contribution in [0, 0.1) is 6.57 Å². The van der Waals surface area contributed by atoms with E-state index in [-0.39, 0.29) is 34.8 Å². The number of benzene rings is 1. The van der Waals surface area contributed by atoms with Crippen molar-refractivity contribution in [3.8, 4) is 11.3 Å². The van der Waals surface area contributed by atoms with Crippen LogP contribution in [0.5, 0.6) is 0 Å². The molecular weight excluding hydrogens is 456 g/mol. The summed E-state index contributed by atoms with van der Waals surface area (Å²) in [6.45, 7) is 10.7. The molecule has 0 unspecified atom stereocenters. The predicted octanol–water partition coefficient (Wildman–Crippen LogP) is 4.13. The molecule has 0 spiro atoms. The molecule has 3 N–H and O–H groups in total. The second-order valence-corrected chi connectivity index (χ2v) is 11.3. The molecule has 4 rings (SSSR count). The molecule has 0 aliphatic carbocycles. The minimum absolute atomic E-state index is 0.00292. The molecule has 2 aromatic heterocycles. The number of piperidine rings is 1. The monoisotopic (exact) mass is 476 g/mol. The van der Waals surface area contributed by atoms with Gasteiger partial charge in [-0.25, -0.2) is 14.8 Å². The minimum Gasteiger partial charge on any atom is -0.361 e. The van der Waals surface area contributed by atoms with Crippen LogP contribution in [0.4, 0.5) is 24.8 Å². The molecule has 12 heteroatoms. The van der Waals surface area contributed by atoms with E-state index in [0.29, 0.717) is 35.6 Å². The lowest BCUT2D eigenvalue weighted by molar-refractivity contribution is -0.137. The first kappa shape index (κ1) is 22.8. The van der Waals surface area contributed by atoms with Crippen LogP contribution in [0.1, 0.15) is 18.4 Å². The van der Waals surface area contributed by atoms with Gasteiger partial charge in [-0.1, -0.05) is 12.1 Å². The molecule has 0 radical (unpaired) electrons. The van der Waals surface area contributed by atoms with Crippen molar-refractivity contribution in [2.75, 3.05) is 25.2 Å². The number of nitrogens with one attached hydrogen (secondary N) is 3. The Morgan fingerprint density at radius 2 is 2.06 bits per heavy atom. The number of carbonyl (C=O) groups excluding carboxylic acids is 1. The zero-order chi connectivity index (χ0) is 24.0. The summed E-state index contributed by atoms with van der Waals surface area (Å²) in [5.74, 6) is -0.0808. The minimum atomic E-state index is -4.71. The van der Waals surface area contributed by atoms with E-state index in [1.54, 1.807) is 0 Å². The zero-order valence-corrected chi connectivity index (χ0v) is 18.6. The third-order valence-electron chi connectivity index (χ3n) is 5.41. The Bertz CT molecular complexity index is 1330. The van der Waals surface area contributed by atoms with Gasteiger partial charge in [0, 0.05) is 53.2 Å². The van der Waals surface area contributed by atoms with E-state index in [1.807, 2.05) is 0 Å². The van der Waals surface area contributed by atoms with Gasteiger partial charge in [-0.3, -0.25) is 4.79 Å². The lowest BCUT2D eigenvalue weighted by Gasteiger charge is -2.23. The highest BCUT2D eigenvalue weighted by Gasteiger charge is 2.36. The Labute approximate surface area is 187 Å². The number of hydrogen-bond acceptors (Lipinski definition) is 5. The summed E-state index contributed by atoms with van der Waals surface area (Å²) >= 11 is 0. The molecule has 1 fully saturated rings. The molecular formula is C21H20F3N6O2P. The number of anilines is 1. The van der Waals surface area contributed by atoms with Crippen molar-refractivity contribution in [3.05, 3.63) is 41.5 Å². The van der Waals surface area contributed by atoms with Gasteiger partial charge in [0.15, 0.2) is 5.69 Å².